The molecule has 1 aliphatic heterocycles. The lowest BCUT2D eigenvalue weighted by molar-refractivity contribution is -0.385. The van der Waals surface area contributed by atoms with Gasteiger partial charge in [0.25, 0.3) is 5.69 Å². The van der Waals surface area contributed by atoms with E-state index in [-0.39, 0.29) is 11.7 Å². The third-order valence-corrected chi connectivity index (χ3v) is 4.31. The molecule has 1 aliphatic rings. The Morgan fingerprint density at radius 1 is 1.36 bits per heavy atom. The summed E-state index contributed by atoms with van der Waals surface area (Å²) in [6, 6.07) is 5.52. The smallest absolute Gasteiger partial charge is 0.287 e. The maximum absolute atomic E-state index is 10.8. The van der Waals surface area contributed by atoms with Gasteiger partial charge in [0, 0.05) is 25.7 Å². The standard InChI is InChI=1S/C17H22N4O4/c1-12-9-14(21(22)23)10-18-17(12)19-11-15(16-4-3-13(2)25-16)20-5-7-24-8-6-20/h3-4,9-10,15H,5-8,11H2,1-2H3,(H,18,19). The predicted molar refractivity (Wildman–Crippen MR) is 92.7 cm³/mol. The van der Waals surface area contributed by atoms with Gasteiger partial charge in [-0.05, 0) is 31.5 Å². The van der Waals surface area contributed by atoms with Crippen molar-refractivity contribution in [3.63, 3.8) is 0 Å². The van der Waals surface area contributed by atoms with Crippen molar-refractivity contribution in [3.05, 3.63) is 51.6 Å². The summed E-state index contributed by atoms with van der Waals surface area (Å²) in [6.07, 6.45) is 1.27. The minimum Gasteiger partial charge on any atom is -0.465 e. The van der Waals surface area contributed by atoms with Crippen LogP contribution in [0, 0.1) is 24.0 Å². The Labute approximate surface area is 145 Å². The molecule has 8 heteroatoms. The third-order valence-electron chi connectivity index (χ3n) is 4.31. The van der Waals surface area contributed by atoms with Crippen LogP contribution in [-0.4, -0.2) is 47.7 Å². The summed E-state index contributed by atoms with van der Waals surface area (Å²) in [7, 11) is 0. The first-order chi connectivity index (χ1) is 12.0. The highest BCUT2D eigenvalue weighted by Crippen LogP contribution is 2.25. The van der Waals surface area contributed by atoms with Gasteiger partial charge in [0.2, 0.25) is 0 Å². The van der Waals surface area contributed by atoms with Gasteiger partial charge in [-0.25, -0.2) is 4.98 Å². The van der Waals surface area contributed by atoms with Crippen LogP contribution in [0.4, 0.5) is 11.5 Å². The molecule has 0 aliphatic carbocycles. The van der Waals surface area contributed by atoms with Crippen molar-refractivity contribution < 1.29 is 14.1 Å². The number of rotatable bonds is 6. The maximum atomic E-state index is 10.8. The van der Waals surface area contributed by atoms with Gasteiger partial charge in [0.15, 0.2) is 0 Å². The van der Waals surface area contributed by atoms with Gasteiger partial charge in [-0.15, -0.1) is 0 Å². The van der Waals surface area contributed by atoms with Gasteiger partial charge in [0.05, 0.1) is 24.2 Å². The molecule has 0 spiro atoms. The number of morpholine rings is 1. The zero-order valence-corrected chi connectivity index (χ0v) is 14.4. The van der Waals surface area contributed by atoms with Gasteiger partial charge in [-0.2, -0.15) is 0 Å². The van der Waals surface area contributed by atoms with E-state index in [0.717, 1.165) is 30.2 Å². The Kier molecular flexibility index (Phi) is 5.30. The van der Waals surface area contributed by atoms with E-state index in [4.69, 9.17) is 9.15 Å². The molecule has 3 rings (SSSR count). The molecular weight excluding hydrogens is 324 g/mol. The SMILES string of the molecule is Cc1ccc(C(CNc2ncc([N+](=O)[O-])cc2C)N2CCOCC2)o1. The molecule has 25 heavy (non-hydrogen) atoms. The number of pyridine rings is 1. The average molecular weight is 346 g/mol. The molecule has 1 unspecified atom stereocenters. The maximum Gasteiger partial charge on any atom is 0.287 e. The Bertz CT molecular complexity index is 740. The van der Waals surface area contributed by atoms with E-state index >= 15 is 0 Å². The first kappa shape index (κ1) is 17.4. The lowest BCUT2D eigenvalue weighted by Crippen LogP contribution is -2.41. The number of aryl methyl sites for hydroxylation is 2. The van der Waals surface area contributed by atoms with E-state index in [1.165, 1.54) is 12.3 Å². The van der Waals surface area contributed by atoms with Crippen LogP contribution < -0.4 is 5.32 Å². The molecule has 0 aromatic carbocycles. The molecule has 2 aromatic rings. The normalized spacial score (nSPS) is 16.6. The lowest BCUT2D eigenvalue weighted by Gasteiger charge is -2.33. The minimum absolute atomic E-state index is 0.00515. The van der Waals surface area contributed by atoms with Crippen LogP contribution in [0.15, 0.2) is 28.8 Å². The fraction of sp³-hybridized carbons (Fsp3) is 0.471. The second-order valence-electron chi connectivity index (χ2n) is 6.11. The van der Waals surface area contributed by atoms with E-state index in [0.29, 0.717) is 25.6 Å². The number of nitrogens with one attached hydrogen (secondary N) is 1. The van der Waals surface area contributed by atoms with Crippen molar-refractivity contribution in [2.75, 3.05) is 38.2 Å². The number of aromatic nitrogens is 1. The zero-order chi connectivity index (χ0) is 17.8. The molecule has 2 aromatic heterocycles. The predicted octanol–water partition coefficient (Wildman–Crippen LogP) is 2.69. The highest BCUT2D eigenvalue weighted by molar-refractivity contribution is 5.48. The van der Waals surface area contributed by atoms with Gasteiger partial charge >= 0.3 is 0 Å². The first-order valence-electron chi connectivity index (χ1n) is 8.27. The summed E-state index contributed by atoms with van der Waals surface area (Å²) in [6.45, 7) is 7.39. The van der Waals surface area contributed by atoms with Gasteiger partial charge in [-0.1, -0.05) is 0 Å². The van der Waals surface area contributed by atoms with E-state index in [1.807, 2.05) is 26.0 Å². The fourth-order valence-electron chi connectivity index (χ4n) is 2.97. The van der Waals surface area contributed by atoms with Crippen molar-refractivity contribution in [1.29, 1.82) is 0 Å². The number of ether oxygens (including phenoxy) is 1. The second-order valence-corrected chi connectivity index (χ2v) is 6.11. The molecule has 0 saturated carbocycles. The van der Waals surface area contributed by atoms with E-state index in [9.17, 15) is 10.1 Å². The third kappa shape index (κ3) is 4.15. The van der Waals surface area contributed by atoms with Crippen LogP contribution in [0.3, 0.4) is 0 Å². The van der Waals surface area contributed by atoms with Crippen LogP contribution in [-0.2, 0) is 4.74 Å². The number of hydrogen-bond donors (Lipinski definition) is 1. The van der Waals surface area contributed by atoms with Crippen LogP contribution >= 0.6 is 0 Å². The van der Waals surface area contributed by atoms with Crippen molar-refractivity contribution in [3.8, 4) is 0 Å². The molecule has 1 fully saturated rings. The molecule has 134 valence electrons. The number of anilines is 1. The van der Waals surface area contributed by atoms with E-state index in [1.54, 1.807) is 0 Å². The highest BCUT2D eigenvalue weighted by atomic mass is 16.6. The first-order valence-corrected chi connectivity index (χ1v) is 8.27. The lowest BCUT2D eigenvalue weighted by atomic mass is 10.1. The van der Waals surface area contributed by atoms with Crippen LogP contribution in [0.1, 0.15) is 23.1 Å². The summed E-state index contributed by atoms with van der Waals surface area (Å²) >= 11 is 0. The second kappa shape index (κ2) is 7.62. The topological polar surface area (TPSA) is 93.7 Å². The molecule has 0 radical (unpaired) electrons. The van der Waals surface area contributed by atoms with Crippen LogP contribution in [0.5, 0.6) is 0 Å². The summed E-state index contributed by atoms with van der Waals surface area (Å²) in [5.74, 6) is 2.41. The molecular formula is C17H22N4O4. The van der Waals surface area contributed by atoms with Crippen molar-refractivity contribution in [1.82, 2.24) is 9.88 Å². The van der Waals surface area contributed by atoms with Crippen LogP contribution in [0.25, 0.3) is 0 Å². The molecule has 8 nitrogen and oxygen atoms in total. The summed E-state index contributed by atoms with van der Waals surface area (Å²) in [5, 5.41) is 14.1. The van der Waals surface area contributed by atoms with Gasteiger partial charge in [-0.3, -0.25) is 15.0 Å². The molecule has 0 amide bonds. The van der Waals surface area contributed by atoms with Gasteiger partial charge in [0.1, 0.15) is 23.5 Å². The van der Waals surface area contributed by atoms with Gasteiger partial charge < -0.3 is 14.5 Å². The molecule has 1 atom stereocenters. The summed E-state index contributed by atoms with van der Waals surface area (Å²) in [4.78, 5) is 16.9. The molecule has 3 heterocycles. The Morgan fingerprint density at radius 3 is 2.72 bits per heavy atom. The quantitative estimate of drug-likeness (QED) is 0.635. The molecule has 1 N–H and O–H groups in total. The zero-order valence-electron chi connectivity index (χ0n) is 14.4. The monoisotopic (exact) mass is 346 g/mol. The number of furan rings is 1. The largest absolute Gasteiger partial charge is 0.465 e. The number of nitrogens with zero attached hydrogens (tertiary/aromatic N) is 3. The Morgan fingerprint density at radius 2 is 2.12 bits per heavy atom. The number of hydrogen-bond acceptors (Lipinski definition) is 7. The minimum atomic E-state index is -0.439. The van der Waals surface area contributed by atoms with E-state index in [2.05, 4.69) is 15.2 Å². The molecule has 1 saturated heterocycles. The van der Waals surface area contributed by atoms with Crippen molar-refractivity contribution >= 4 is 11.5 Å². The summed E-state index contributed by atoms with van der Waals surface area (Å²) in [5.41, 5.74) is 0.736. The fourth-order valence-corrected chi connectivity index (χ4v) is 2.97. The Hall–Kier alpha value is -2.45. The van der Waals surface area contributed by atoms with E-state index < -0.39 is 4.92 Å². The van der Waals surface area contributed by atoms with Crippen molar-refractivity contribution in [2.24, 2.45) is 0 Å². The Balaban J connectivity index is 1.75. The number of nitro groups is 1. The van der Waals surface area contributed by atoms with Crippen LogP contribution in [0.2, 0.25) is 0 Å². The highest BCUT2D eigenvalue weighted by Gasteiger charge is 2.25. The van der Waals surface area contributed by atoms with Crippen molar-refractivity contribution in [2.45, 2.75) is 19.9 Å². The average Bonchev–Trinajstić information content (AvgIpc) is 3.03. The summed E-state index contributed by atoms with van der Waals surface area (Å²) < 4.78 is 11.3. The molecule has 0 bridgehead atoms.